The maximum atomic E-state index is 3.48. The third kappa shape index (κ3) is 5.36. The van der Waals surface area contributed by atoms with Crippen LogP contribution in [-0.4, -0.2) is 62.2 Å². The van der Waals surface area contributed by atoms with Gasteiger partial charge < -0.3 is 15.1 Å². The van der Waals surface area contributed by atoms with Crippen molar-refractivity contribution < 1.29 is 0 Å². The van der Waals surface area contributed by atoms with E-state index in [1.807, 2.05) is 0 Å². The zero-order valence-corrected chi connectivity index (χ0v) is 12.2. The molecule has 3 heteroatoms. The van der Waals surface area contributed by atoms with Gasteiger partial charge in [-0.25, -0.2) is 0 Å². The van der Waals surface area contributed by atoms with Crippen molar-refractivity contribution in [1.82, 2.24) is 15.1 Å². The molecule has 0 bridgehead atoms. The third-order valence-corrected chi connectivity index (χ3v) is 3.91. The first-order valence-corrected chi connectivity index (χ1v) is 7.28. The number of nitrogens with zero attached hydrogens (tertiary/aromatic N) is 2. The van der Waals surface area contributed by atoms with Gasteiger partial charge in [-0.2, -0.15) is 0 Å². The number of nitrogens with one attached hydrogen (secondary N) is 1. The van der Waals surface area contributed by atoms with Gasteiger partial charge in [0, 0.05) is 25.7 Å². The van der Waals surface area contributed by atoms with Crippen LogP contribution in [0.25, 0.3) is 0 Å². The van der Waals surface area contributed by atoms with E-state index in [1.54, 1.807) is 0 Å². The number of hydrogen-bond donors (Lipinski definition) is 1. The summed E-state index contributed by atoms with van der Waals surface area (Å²) in [6.07, 6.45) is 2.80. The lowest BCUT2D eigenvalue weighted by atomic mass is 10.0. The summed E-state index contributed by atoms with van der Waals surface area (Å²) in [6.45, 7) is 14.1. The Morgan fingerprint density at radius 2 is 1.88 bits per heavy atom. The highest BCUT2D eigenvalue weighted by Gasteiger charge is 2.19. The summed E-state index contributed by atoms with van der Waals surface area (Å²) in [5.74, 6) is 0.720. The first-order chi connectivity index (χ1) is 8.15. The van der Waals surface area contributed by atoms with Crippen LogP contribution in [0.1, 0.15) is 33.6 Å². The van der Waals surface area contributed by atoms with Crippen molar-refractivity contribution in [3.8, 4) is 0 Å². The monoisotopic (exact) mass is 241 g/mol. The van der Waals surface area contributed by atoms with E-state index in [9.17, 15) is 0 Å². The predicted octanol–water partition coefficient (Wildman–Crippen LogP) is 1.65. The maximum absolute atomic E-state index is 3.48. The highest BCUT2D eigenvalue weighted by Crippen LogP contribution is 2.10. The average molecular weight is 241 g/mol. The summed E-state index contributed by atoms with van der Waals surface area (Å²) >= 11 is 0. The second-order valence-electron chi connectivity index (χ2n) is 5.65. The normalized spacial score (nSPS) is 19.4. The molecule has 0 spiro atoms. The molecule has 0 amide bonds. The van der Waals surface area contributed by atoms with Gasteiger partial charge >= 0.3 is 0 Å². The average Bonchev–Trinajstić information content (AvgIpc) is 2.79. The van der Waals surface area contributed by atoms with Gasteiger partial charge in [-0.05, 0) is 45.4 Å². The van der Waals surface area contributed by atoms with Crippen LogP contribution in [-0.2, 0) is 0 Å². The van der Waals surface area contributed by atoms with E-state index < -0.39 is 0 Å². The van der Waals surface area contributed by atoms with Crippen molar-refractivity contribution >= 4 is 0 Å². The molecule has 1 aliphatic rings. The molecule has 1 aliphatic heterocycles. The van der Waals surface area contributed by atoms with Gasteiger partial charge in [0.25, 0.3) is 0 Å². The van der Waals surface area contributed by atoms with E-state index in [1.165, 1.54) is 39.0 Å². The number of likely N-dealkylation sites (N-methyl/N-ethyl adjacent to an activating group) is 2. The second-order valence-corrected chi connectivity index (χ2v) is 5.65. The van der Waals surface area contributed by atoms with Crippen LogP contribution in [0.4, 0.5) is 0 Å². The molecule has 0 aromatic heterocycles. The minimum absolute atomic E-state index is 0.664. The molecule has 0 aromatic carbocycles. The summed E-state index contributed by atoms with van der Waals surface area (Å²) < 4.78 is 0. The maximum Gasteiger partial charge on any atom is 0.0241 e. The minimum atomic E-state index is 0.664. The summed E-state index contributed by atoms with van der Waals surface area (Å²) in [5, 5.41) is 3.48. The van der Waals surface area contributed by atoms with Crippen LogP contribution in [0.15, 0.2) is 0 Å². The van der Waals surface area contributed by atoms with Crippen LogP contribution in [0, 0.1) is 5.92 Å². The highest BCUT2D eigenvalue weighted by atomic mass is 15.2. The van der Waals surface area contributed by atoms with Gasteiger partial charge in [0.15, 0.2) is 0 Å². The van der Waals surface area contributed by atoms with E-state index in [0.717, 1.165) is 19.0 Å². The third-order valence-electron chi connectivity index (χ3n) is 3.91. The van der Waals surface area contributed by atoms with Crippen LogP contribution in [0.3, 0.4) is 0 Å². The summed E-state index contributed by atoms with van der Waals surface area (Å²) in [5.41, 5.74) is 0. The SMILES string of the molecule is CCNCC(C(C)C)N(C)CCN1CCCC1. The van der Waals surface area contributed by atoms with E-state index in [-0.39, 0.29) is 0 Å². The van der Waals surface area contributed by atoms with E-state index in [4.69, 9.17) is 0 Å². The fourth-order valence-electron chi connectivity index (χ4n) is 2.66. The van der Waals surface area contributed by atoms with Crippen LogP contribution in [0.2, 0.25) is 0 Å². The molecule has 0 aromatic rings. The molecule has 1 N–H and O–H groups in total. The summed E-state index contributed by atoms with van der Waals surface area (Å²) in [7, 11) is 2.28. The van der Waals surface area contributed by atoms with Crippen molar-refractivity contribution in [3.63, 3.8) is 0 Å². The van der Waals surface area contributed by atoms with Crippen LogP contribution < -0.4 is 5.32 Å². The zero-order valence-electron chi connectivity index (χ0n) is 12.2. The van der Waals surface area contributed by atoms with Crippen molar-refractivity contribution in [2.24, 2.45) is 5.92 Å². The van der Waals surface area contributed by atoms with Gasteiger partial charge in [-0.3, -0.25) is 0 Å². The van der Waals surface area contributed by atoms with Gasteiger partial charge in [-0.15, -0.1) is 0 Å². The Balaban J connectivity index is 2.27. The van der Waals surface area contributed by atoms with Crippen LogP contribution in [0.5, 0.6) is 0 Å². The quantitative estimate of drug-likeness (QED) is 0.697. The Kier molecular flexibility index (Phi) is 7.09. The van der Waals surface area contributed by atoms with E-state index >= 15 is 0 Å². The fraction of sp³-hybridized carbons (Fsp3) is 1.00. The van der Waals surface area contributed by atoms with E-state index in [0.29, 0.717) is 6.04 Å². The topological polar surface area (TPSA) is 18.5 Å². The lowest BCUT2D eigenvalue weighted by Gasteiger charge is -2.32. The standard InChI is InChI=1S/C14H31N3/c1-5-15-12-14(13(2)3)16(4)10-11-17-8-6-7-9-17/h13-15H,5-12H2,1-4H3. The molecule has 0 radical (unpaired) electrons. The van der Waals surface area contributed by atoms with Gasteiger partial charge in [0.05, 0.1) is 0 Å². The molecule has 102 valence electrons. The molecule has 0 saturated carbocycles. The second kappa shape index (κ2) is 8.06. The molecule has 1 fully saturated rings. The summed E-state index contributed by atoms with van der Waals surface area (Å²) in [6, 6.07) is 0.664. The molecular weight excluding hydrogens is 210 g/mol. The van der Waals surface area contributed by atoms with Gasteiger partial charge in [0.2, 0.25) is 0 Å². The first-order valence-electron chi connectivity index (χ1n) is 7.28. The Morgan fingerprint density at radius 1 is 1.24 bits per heavy atom. The predicted molar refractivity (Wildman–Crippen MR) is 75.5 cm³/mol. The fourth-order valence-corrected chi connectivity index (χ4v) is 2.66. The van der Waals surface area contributed by atoms with E-state index in [2.05, 4.69) is 42.9 Å². The number of rotatable bonds is 8. The molecule has 1 saturated heterocycles. The number of hydrogen-bond acceptors (Lipinski definition) is 3. The molecule has 1 rings (SSSR count). The highest BCUT2D eigenvalue weighted by molar-refractivity contribution is 4.76. The van der Waals surface area contributed by atoms with Crippen molar-refractivity contribution in [1.29, 1.82) is 0 Å². The van der Waals surface area contributed by atoms with Crippen molar-refractivity contribution in [2.75, 3.05) is 46.3 Å². The molecule has 17 heavy (non-hydrogen) atoms. The Hall–Kier alpha value is -0.120. The largest absolute Gasteiger partial charge is 0.315 e. The Bertz CT molecular complexity index is 188. The number of likely N-dealkylation sites (tertiary alicyclic amines) is 1. The smallest absolute Gasteiger partial charge is 0.0241 e. The molecule has 1 unspecified atom stereocenters. The zero-order chi connectivity index (χ0) is 12.7. The Labute approximate surface area is 108 Å². The molecule has 1 heterocycles. The van der Waals surface area contributed by atoms with Crippen LogP contribution >= 0.6 is 0 Å². The van der Waals surface area contributed by atoms with Crippen molar-refractivity contribution in [2.45, 2.75) is 39.7 Å². The Morgan fingerprint density at radius 3 is 2.41 bits per heavy atom. The lowest BCUT2D eigenvalue weighted by molar-refractivity contribution is 0.166. The van der Waals surface area contributed by atoms with Gasteiger partial charge in [0.1, 0.15) is 0 Å². The molecule has 1 atom stereocenters. The first kappa shape index (κ1) is 14.9. The van der Waals surface area contributed by atoms with Gasteiger partial charge in [-0.1, -0.05) is 20.8 Å². The molecule has 3 nitrogen and oxygen atoms in total. The lowest BCUT2D eigenvalue weighted by Crippen LogP contribution is -2.46. The minimum Gasteiger partial charge on any atom is -0.315 e. The molecule has 0 aliphatic carbocycles. The van der Waals surface area contributed by atoms with Crippen molar-refractivity contribution in [3.05, 3.63) is 0 Å². The molecular formula is C14H31N3. The summed E-state index contributed by atoms with van der Waals surface area (Å²) in [4.78, 5) is 5.13.